The maximum atomic E-state index is 10.2. The smallest absolute Gasteiger partial charge is 0.0830 e. The molecule has 8 nitrogen and oxygen atoms in total. The fourth-order valence-corrected chi connectivity index (χ4v) is 2.02. The van der Waals surface area contributed by atoms with Gasteiger partial charge in [-0.2, -0.15) is 0 Å². The Hall–Kier alpha value is 0.220. The molecule has 0 atom stereocenters. The summed E-state index contributed by atoms with van der Waals surface area (Å²) >= 11 is 0. The lowest BCUT2D eigenvalue weighted by atomic mass is 10.7. The number of hydrogen-bond donors (Lipinski definition) is 2. The predicted octanol–water partition coefficient (Wildman–Crippen LogP) is -4.62. The maximum Gasteiger partial charge on any atom is 0.0830 e. The summed E-state index contributed by atoms with van der Waals surface area (Å²) in [6.45, 7) is -1.25. The minimum atomic E-state index is -5.74. The van der Waals surface area contributed by atoms with Gasteiger partial charge in [0.05, 0.1) is 5.02 Å². The van der Waals surface area contributed by atoms with Gasteiger partial charge < -0.3 is 40.2 Å². The molecule has 12 heavy (non-hydrogen) atoms. The van der Waals surface area contributed by atoms with Crippen LogP contribution in [0, 0.1) is 0 Å². The largest absolute Gasteiger partial charge is 0.809 e. The Bertz CT molecular complexity index is 230. The van der Waals surface area contributed by atoms with E-state index in [2.05, 4.69) is 11.5 Å². The standard InChI is InChI=1S/C2H10N2O6P2/c3-1-2(4,11(5,6)7)12(8,9)10/h1,3-4H2,(H2,5,6,7)(H2,8,9,10)/p-4. The van der Waals surface area contributed by atoms with Gasteiger partial charge in [0.1, 0.15) is 0 Å². The van der Waals surface area contributed by atoms with Crippen LogP contribution in [0.1, 0.15) is 0 Å². The van der Waals surface area contributed by atoms with Crippen molar-refractivity contribution in [2.24, 2.45) is 11.5 Å². The molecular formula is C2H6N2O6P2-4. The van der Waals surface area contributed by atoms with E-state index < -0.39 is 26.8 Å². The molecule has 0 aromatic rings. The topological polar surface area (TPSA) is 178 Å². The summed E-state index contributed by atoms with van der Waals surface area (Å²) in [5.74, 6) is 0. The van der Waals surface area contributed by atoms with Crippen molar-refractivity contribution < 1.29 is 28.7 Å². The Kier molecular flexibility index (Phi) is 3.23. The third-order valence-electron chi connectivity index (χ3n) is 1.25. The van der Waals surface area contributed by atoms with Gasteiger partial charge in [-0.25, -0.2) is 0 Å². The van der Waals surface area contributed by atoms with Crippen LogP contribution in [-0.2, 0) is 9.13 Å². The molecule has 0 radical (unpaired) electrons. The van der Waals surface area contributed by atoms with E-state index >= 15 is 0 Å². The average Bonchev–Trinajstić information content (AvgIpc) is 1.81. The van der Waals surface area contributed by atoms with Crippen LogP contribution in [-0.4, -0.2) is 11.6 Å². The van der Waals surface area contributed by atoms with Gasteiger partial charge in [0.15, 0.2) is 0 Å². The summed E-state index contributed by atoms with van der Waals surface area (Å²) in [5.41, 5.74) is 9.16. The number of hydrogen-bond acceptors (Lipinski definition) is 8. The molecule has 10 heteroatoms. The molecule has 0 unspecified atom stereocenters. The van der Waals surface area contributed by atoms with E-state index in [1.54, 1.807) is 0 Å². The molecule has 0 saturated carbocycles. The summed E-state index contributed by atoms with van der Waals surface area (Å²) in [6, 6.07) is 0. The van der Waals surface area contributed by atoms with Gasteiger partial charge in [0.25, 0.3) is 0 Å². The molecule has 0 amide bonds. The van der Waals surface area contributed by atoms with Crippen molar-refractivity contribution in [1.29, 1.82) is 0 Å². The average molecular weight is 216 g/mol. The Labute approximate surface area is 67.9 Å². The van der Waals surface area contributed by atoms with Crippen LogP contribution in [0.25, 0.3) is 0 Å². The Morgan fingerprint density at radius 2 is 1.33 bits per heavy atom. The van der Waals surface area contributed by atoms with E-state index in [9.17, 15) is 28.7 Å². The highest BCUT2D eigenvalue weighted by atomic mass is 31.2. The normalized spacial score (nSPS) is 14.8. The van der Waals surface area contributed by atoms with Gasteiger partial charge >= 0.3 is 0 Å². The summed E-state index contributed by atoms with van der Waals surface area (Å²) < 4.78 is 20.5. The molecule has 0 fully saturated rings. The molecule has 0 saturated heterocycles. The van der Waals surface area contributed by atoms with Crippen LogP contribution in [0.3, 0.4) is 0 Å². The van der Waals surface area contributed by atoms with E-state index in [0.29, 0.717) is 0 Å². The zero-order valence-corrected chi connectivity index (χ0v) is 7.49. The molecule has 4 N–H and O–H groups in total. The van der Waals surface area contributed by atoms with Crippen LogP contribution in [0.5, 0.6) is 0 Å². The lowest BCUT2D eigenvalue weighted by molar-refractivity contribution is -0.335. The lowest BCUT2D eigenvalue weighted by Gasteiger charge is -2.56. The molecule has 0 aliphatic rings. The van der Waals surface area contributed by atoms with Crippen molar-refractivity contribution in [3.05, 3.63) is 0 Å². The van der Waals surface area contributed by atoms with Gasteiger partial charge in [-0.05, 0) is 15.2 Å². The molecular weight excluding hydrogens is 210 g/mol. The van der Waals surface area contributed by atoms with E-state index in [1.807, 2.05) is 0 Å². The Balaban J connectivity index is 5.25. The van der Waals surface area contributed by atoms with E-state index in [0.717, 1.165) is 0 Å². The second-order valence-electron chi connectivity index (χ2n) is 2.08. The fraction of sp³-hybridized carbons (Fsp3) is 1.00. The third-order valence-corrected chi connectivity index (χ3v) is 4.98. The van der Waals surface area contributed by atoms with Crippen LogP contribution in [0.4, 0.5) is 0 Å². The highest BCUT2D eigenvalue weighted by Crippen LogP contribution is 2.55. The van der Waals surface area contributed by atoms with Crippen LogP contribution in [0.2, 0.25) is 0 Å². The second kappa shape index (κ2) is 3.17. The zero-order valence-electron chi connectivity index (χ0n) is 5.71. The van der Waals surface area contributed by atoms with Gasteiger partial charge in [0, 0.05) is 6.54 Å². The van der Waals surface area contributed by atoms with Crippen molar-refractivity contribution in [3.8, 4) is 0 Å². The van der Waals surface area contributed by atoms with E-state index in [-0.39, 0.29) is 0 Å². The molecule has 0 bridgehead atoms. The summed E-state index contributed by atoms with van der Waals surface area (Å²) in [6.07, 6.45) is 0. The quantitative estimate of drug-likeness (QED) is 0.442. The second-order valence-corrected chi connectivity index (χ2v) is 6.02. The molecule has 0 aromatic heterocycles. The minimum absolute atomic E-state index is 1.25. The van der Waals surface area contributed by atoms with Crippen molar-refractivity contribution in [1.82, 2.24) is 0 Å². The zero-order chi connectivity index (χ0) is 10.2. The van der Waals surface area contributed by atoms with Gasteiger partial charge in [-0.1, -0.05) is 0 Å². The monoisotopic (exact) mass is 216 g/mol. The highest BCUT2D eigenvalue weighted by molar-refractivity contribution is 7.69. The first-order valence-electron chi connectivity index (χ1n) is 2.59. The SMILES string of the molecule is NCC(N)(P(=O)([O-])[O-])P(=O)([O-])[O-]. The van der Waals surface area contributed by atoms with E-state index in [4.69, 9.17) is 0 Å². The van der Waals surface area contributed by atoms with Crippen LogP contribution < -0.4 is 31.0 Å². The summed E-state index contributed by atoms with van der Waals surface area (Å²) in [5, 5.41) is -3.42. The molecule has 0 spiro atoms. The fourth-order valence-electron chi connectivity index (χ4n) is 0.374. The lowest BCUT2D eigenvalue weighted by Crippen LogP contribution is -2.56. The summed E-state index contributed by atoms with van der Waals surface area (Å²) in [4.78, 5) is 40.9. The van der Waals surface area contributed by atoms with Crippen molar-refractivity contribution >= 4 is 15.2 Å². The molecule has 0 aliphatic heterocycles. The molecule has 74 valence electrons. The highest BCUT2D eigenvalue weighted by Gasteiger charge is 2.31. The summed E-state index contributed by atoms with van der Waals surface area (Å²) in [7, 11) is -11.5. The van der Waals surface area contributed by atoms with Crippen LogP contribution in [0.15, 0.2) is 0 Å². The van der Waals surface area contributed by atoms with Gasteiger partial charge in [-0.3, -0.25) is 0 Å². The predicted molar refractivity (Wildman–Crippen MR) is 31.2 cm³/mol. The van der Waals surface area contributed by atoms with Gasteiger partial charge in [-0.15, -0.1) is 0 Å². The number of nitrogens with two attached hydrogens (primary N) is 2. The van der Waals surface area contributed by atoms with Crippen molar-refractivity contribution in [2.75, 3.05) is 6.54 Å². The Morgan fingerprint density at radius 3 is 1.33 bits per heavy atom. The molecule has 0 aromatic carbocycles. The molecule has 0 aliphatic carbocycles. The van der Waals surface area contributed by atoms with Gasteiger partial charge in [0.2, 0.25) is 0 Å². The first-order chi connectivity index (χ1) is 5.06. The van der Waals surface area contributed by atoms with Crippen molar-refractivity contribution in [3.63, 3.8) is 0 Å². The maximum absolute atomic E-state index is 10.2. The third kappa shape index (κ3) is 1.93. The first-order valence-corrected chi connectivity index (χ1v) is 5.68. The van der Waals surface area contributed by atoms with E-state index in [1.165, 1.54) is 0 Å². The molecule has 0 heterocycles. The Morgan fingerprint density at radius 1 is 1.08 bits per heavy atom. The molecule has 0 rings (SSSR count). The van der Waals surface area contributed by atoms with Crippen molar-refractivity contribution in [2.45, 2.75) is 5.02 Å². The first kappa shape index (κ1) is 12.2. The number of rotatable bonds is 3. The van der Waals surface area contributed by atoms with Crippen LogP contribution >= 0.6 is 15.2 Å². The minimum Gasteiger partial charge on any atom is -0.809 e.